The summed E-state index contributed by atoms with van der Waals surface area (Å²) in [6.45, 7) is 4.58. The molecule has 0 radical (unpaired) electrons. The Balaban J connectivity index is 2.28. The predicted octanol–water partition coefficient (Wildman–Crippen LogP) is 1.72. The van der Waals surface area contributed by atoms with Crippen LogP contribution in [0.2, 0.25) is 0 Å². The Labute approximate surface area is 108 Å². The summed E-state index contributed by atoms with van der Waals surface area (Å²) in [5.74, 6) is 0.0185. The van der Waals surface area contributed by atoms with Gasteiger partial charge in [0.25, 0.3) is 5.91 Å². The van der Waals surface area contributed by atoms with E-state index in [9.17, 15) is 4.79 Å². The summed E-state index contributed by atoms with van der Waals surface area (Å²) in [4.78, 5) is 14.5. The van der Waals surface area contributed by atoms with E-state index in [1.54, 1.807) is 11.7 Å². The molecule has 5 nitrogen and oxygen atoms in total. The van der Waals surface area contributed by atoms with Crippen LogP contribution in [-0.4, -0.2) is 33.2 Å². The molecule has 2 N–H and O–H groups in total. The SMILES string of the molecule is CCN(C(=O)c1c(N)c(C)nn1C)C1CCCC1. The second kappa shape index (κ2) is 5.00. The number of anilines is 1. The highest BCUT2D eigenvalue weighted by Crippen LogP contribution is 2.26. The zero-order valence-electron chi connectivity index (χ0n) is 11.4. The second-order valence-electron chi connectivity index (χ2n) is 5.00. The summed E-state index contributed by atoms with van der Waals surface area (Å²) in [7, 11) is 1.78. The first kappa shape index (κ1) is 12.9. The van der Waals surface area contributed by atoms with Crippen LogP contribution < -0.4 is 5.73 Å². The largest absolute Gasteiger partial charge is 0.395 e. The van der Waals surface area contributed by atoms with Gasteiger partial charge in [-0.2, -0.15) is 5.10 Å². The smallest absolute Gasteiger partial charge is 0.274 e. The molecule has 1 heterocycles. The van der Waals surface area contributed by atoms with E-state index in [2.05, 4.69) is 5.10 Å². The van der Waals surface area contributed by atoms with Gasteiger partial charge < -0.3 is 10.6 Å². The fraction of sp³-hybridized carbons (Fsp3) is 0.692. The molecule has 18 heavy (non-hydrogen) atoms. The van der Waals surface area contributed by atoms with Crippen LogP contribution in [0.25, 0.3) is 0 Å². The molecule has 0 aromatic carbocycles. The van der Waals surface area contributed by atoms with Crippen molar-refractivity contribution in [3.63, 3.8) is 0 Å². The number of amides is 1. The summed E-state index contributed by atoms with van der Waals surface area (Å²) in [6, 6.07) is 0.372. The standard InChI is InChI=1S/C13H22N4O/c1-4-17(10-7-5-6-8-10)13(18)12-11(14)9(2)15-16(12)3/h10H,4-8,14H2,1-3H3. The van der Waals surface area contributed by atoms with Gasteiger partial charge in [-0.3, -0.25) is 9.48 Å². The highest BCUT2D eigenvalue weighted by molar-refractivity contribution is 5.98. The molecule has 1 fully saturated rings. The Hall–Kier alpha value is -1.52. The lowest BCUT2D eigenvalue weighted by atomic mass is 10.2. The topological polar surface area (TPSA) is 64.2 Å². The lowest BCUT2D eigenvalue weighted by molar-refractivity contribution is 0.0683. The monoisotopic (exact) mass is 250 g/mol. The van der Waals surface area contributed by atoms with Crippen molar-refractivity contribution in [1.29, 1.82) is 0 Å². The predicted molar refractivity (Wildman–Crippen MR) is 71.3 cm³/mol. The van der Waals surface area contributed by atoms with Gasteiger partial charge in [0.1, 0.15) is 5.69 Å². The number of rotatable bonds is 3. The highest BCUT2D eigenvalue weighted by atomic mass is 16.2. The number of carbonyl (C=O) groups is 1. The zero-order chi connectivity index (χ0) is 13.3. The summed E-state index contributed by atoms with van der Waals surface area (Å²) in [5, 5.41) is 4.22. The van der Waals surface area contributed by atoms with E-state index in [-0.39, 0.29) is 5.91 Å². The van der Waals surface area contributed by atoms with E-state index in [1.807, 2.05) is 18.7 Å². The van der Waals surface area contributed by atoms with Crippen molar-refractivity contribution < 1.29 is 4.79 Å². The van der Waals surface area contributed by atoms with Gasteiger partial charge in [-0.05, 0) is 26.7 Å². The van der Waals surface area contributed by atoms with Crippen molar-refractivity contribution in [2.75, 3.05) is 12.3 Å². The number of nitrogens with zero attached hydrogens (tertiary/aromatic N) is 3. The maximum atomic E-state index is 12.6. The molecule has 0 saturated heterocycles. The molecule has 1 aromatic heterocycles. The van der Waals surface area contributed by atoms with Crippen LogP contribution in [-0.2, 0) is 7.05 Å². The Morgan fingerprint density at radius 2 is 2.11 bits per heavy atom. The van der Waals surface area contributed by atoms with E-state index in [4.69, 9.17) is 5.73 Å². The molecule has 0 unspecified atom stereocenters. The third-order valence-corrected chi connectivity index (χ3v) is 3.84. The van der Waals surface area contributed by atoms with E-state index < -0.39 is 0 Å². The van der Waals surface area contributed by atoms with Gasteiger partial charge in [0.05, 0.1) is 11.4 Å². The van der Waals surface area contributed by atoms with Gasteiger partial charge >= 0.3 is 0 Å². The number of carbonyl (C=O) groups excluding carboxylic acids is 1. The molecular weight excluding hydrogens is 228 g/mol. The first-order valence-electron chi connectivity index (χ1n) is 6.66. The van der Waals surface area contributed by atoms with Gasteiger partial charge in [0, 0.05) is 19.6 Å². The van der Waals surface area contributed by atoms with Crippen LogP contribution in [0.3, 0.4) is 0 Å². The van der Waals surface area contributed by atoms with E-state index in [0.717, 1.165) is 25.1 Å². The normalized spacial score (nSPS) is 16.2. The van der Waals surface area contributed by atoms with E-state index in [1.165, 1.54) is 12.8 Å². The molecule has 1 aromatic rings. The third-order valence-electron chi connectivity index (χ3n) is 3.84. The van der Waals surface area contributed by atoms with Crippen molar-refractivity contribution in [2.45, 2.75) is 45.6 Å². The van der Waals surface area contributed by atoms with Gasteiger partial charge in [-0.25, -0.2) is 0 Å². The maximum absolute atomic E-state index is 12.6. The number of nitrogens with two attached hydrogens (primary N) is 1. The van der Waals surface area contributed by atoms with Gasteiger partial charge in [0.15, 0.2) is 0 Å². The molecule has 1 saturated carbocycles. The quantitative estimate of drug-likeness (QED) is 0.888. The fourth-order valence-electron chi connectivity index (χ4n) is 2.85. The molecule has 1 aliphatic rings. The molecule has 5 heteroatoms. The Kier molecular flexibility index (Phi) is 3.59. The molecule has 100 valence electrons. The molecular formula is C13H22N4O. The van der Waals surface area contributed by atoms with Crippen molar-refractivity contribution in [3.8, 4) is 0 Å². The molecule has 2 rings (SSSR count). The average Bonchev–Trinajstić information content (AvgIpc) is 2.90. The Bertz CT molecular complexity index is 446. The lowest BCUT2D eigenvalue weighted by Crippen LogP contribution is -2.39. The first-order chi connectivity index (χ1) is 8.56. The van der Waals surface area contributed by atoms with Crippen molar-refractivity contribution in [1.82, 2.24) is 14.7 Å². The van der Waals surface area contributed by atoms with Crippen LogP contribution >= 0.6 is 0 Å². The summed E-state index contributed by atoms with van der Waals surface area (Å²) in [5.41, 5.74) is 7.73. The molecule has 0 spiro atoms. The van der Waals surface area contributed by atoms with Gasteiger partial charge in [-0.1, -0.05) is 12.8 Å². The summed E-state index contributed by atoms with van der Waals surface area (Å²) in [6.07, 6.45) is 4.65. The Morgan fingerprint density at radius 3 is 2.56 bits per heavy atom. The molecule has 1 aliphatic carbocycles. The van der Waals surface area contributed by atoms with E-state index in [0.29, 0.717) is 17.4 Å². The molecule has 0 atom stereocenters. The van der Waals surface area contributed by atoms with Crippen LogP contribution in [0, 0.1) is 6.92 Å². The van der Waals surface area contributed by atoms with Gasteiger partial charge in [0.2, 0.25) is 0 Å². The Morgan fingerprint density at radius 1 is 1.50 bits per heavy atom. The number of hydrogen-bond donors (Lipinski definition) is 1. The minimum absolute atomic E-state index is 0.0185. The van der Waals surface area contributed by atoms with Crippen molar-refractivity contribution in [2.24, 2.45) is 7.05 Å². The number of aryl methyl sites for hydroxylation is 2. The first-order valence-corrected chi connectivity index (χ1v) is 6.66. The van der Waals surface area contributed by atoms with Crippen LogP contribution in [0.15, 0.2) is 0 Å². The molecule has 0 bridgehead atoms. The number of nitrogen functional groups attached to an aromatic ring is 1. The van der Waals surface area contributed by atoms with Gasteiger partial charge in [-0.15, -0.1) is 0 Å². The maximum Gasteiger partial charge on any atom is 0.274 e. The summed E-state index contributed by atoms with van der Waals surface area (Å²) < 4.78 is 1.60. The minimum atomic E-state index is 0.0185. The summed E-state index contributed by atoms with van der Waals surface area (Å²) >= 11 is 0. The second-order valence-corrected chi connectivity index (χ2v) is 5.00. The fourth-order valence-corrected chi connectivity index (χ4v) is 2.85. The average molecular weight is 250 g/mol. The zero-order valence-corrected chi connectivity index (χ0v) is 11.4. The van der Waals surface area contributed by atoms with Crippen molar-refractivity contribution in [3.05, 3.63) is 11.4 Å². The minimum Gasteiger partial charge on any atom is -0.395 e. The van der Waals surface area contributed by atoms with Crippen LogP contribution in [0.4, 0.5) is 5.69 Å². The van der Waals surface area contributed by atoms with Crippen LogP contribution in [0.1, 0.15) is 48.8 Å². The highest BCUT2D eigenvalue weighted by Gasteiger charge is 2.29. The van der Waals surface area contributed by atoms with Crippen LogP contribution in [0.5, 0.6) is 0 Å². The van der Waals surface area contributed by atoms with E-state index >= 15 is 0 Å². The van der Waals surface area contributed by atoms with Crippen molar-refractivity contribution >= 4 is 11.6 Å². The molecule has 1 amide bonds. The number of aromatic nitrogens is 2. The number of hydrogen-bond acceptors (Lipinski definition) is 3. The third kappa shape index (κ3) is 2.09. The molecule has 0 aliphatic heterocycles. The lowest BCUT2D eigenvalue weighted by Gasteiger charge is -2.27.